The predicted octanol–water partition coefficient (Wildman–Crippen LogP) is 5.07. The van der Waals surface area contributed by atoms with Crippen molar-refractivity contribution in [3.05, 3.63) is 78.6 Å². The molecule has 2 aromatic carbocycles. The first kappa shape index (κ1) is 20.4. The number of nitrogens with zero attached hydrogens (tertiary/aromatic N) is 3. The molecule has 0 fully saturated rings. The molecule has 0 bridgehead atoms. The van der Waals surface area contributed by atoms with Gasteiger partial charge in [0.2, 0.25) is 5.95 Å². The summed E-state index contributed by atoms with van der Waals surface area (Å²) in [6.45, 7) is 3.77. The van der Waals surface area contributed by atoms with Crippen LogP contribution < -0.4 is 15.4 Å². The molecule has 7 nitrogen and oxygen atoms in total. The molecule has 156 valence electrons. The Morgan fingerprint density at radius 3 is 2.71 bits per heavy atom. The fourth-order valence-electron chi connectivity index (χ4n) is 3.11. The number of imidazole rings is 1. The average molecular weight is 434 g/mol. The third kappa shape index (κ3) is 4.36. The SMILES string of the molecule is C=C(Cl)c1cccc(Nc2nc3cc(Oc4ccnc(C(=O)NC)c4)ccc3n2C)c1. The number of amides is 1. The van der Waals surface area contributed by atoms with Crippen LogP contribution in [0.1, 0.15) is 16.1 Å². The highest BCUT2D eigenvalue weighted by Gasteiger charge is 2.11. The first-order valence-electron chi connectivity index (χ1n) is 9.49. The van der Waals surface area contributed by atoms with Crippen LogP contribution >= 0.6 is 11.6 Å². The molecule has 0 saturated carbocycles. The normalized spacial score (nSPS) is 10.7. The van der Waals surface area contributed by atoms with E-state index in [1.807, 2.05) is 54.1 Å². The van der Waals surface area contributed by atoms with E-state index in [0.29, 0.717) is 22.5 Å². The quantitative estimate of drug-likeness (QED) is 0.443. The van der Waals surface area contributed by atoms with Gasteiger partial charge in [0.15, 0.2) is 0 Å². The summed E-state index contributed by atoms with van der Waals surface area (Å²) >= 11 is 6.01. The van der Waals surface area contributed by atoms with E-state index in [1.54, 1.807) is 19.2 Å². The summed E-state index contributed by atoms with van der Waals surface area (Å²) in [4.78, 5) is 20.5. The molecule has 0 aliphatic carbocycles. The van der Waals surface area contributed by atoms with E-state index in [0.717, 1.165) is 22.3 Å². The van der Waals surface area contributed by atoms with Gasteiger partial charge in [-0.15, -0.1) is 0 Å². The molecule has 1 amide bonds. The van der Waals surface area contributed by atoms with Gasteiger partial charge in [-0.25, -0.2) is 4.98 Å². The Morgan fingerprint density at radius 2 is 1.94 bits per heavy atom. The Morgan fingerprint density at radius 1 is 1.13 bits per heavy atom. The van der Waals surface area contributed by atoms with Gasteiger partial charge in [-0.3, -0.25) is 9.78 Å². The molecule has 2 heterocycles. The Bertz CT molecular complexity index is 1300. The standard InChI is InChI=1S/C23H20ClN5O2/c1-14(24)15-5-4-6-16(11-15)27-23-28-19-12-17(7-8-21(19)29(23)3)31-18-9-10-26-20(13-18)22(30)25-2/h4-13H,1H2,2-3H3,(H,25,30)(H,27,28). The molecule has 0 spiro atoms. The molecule has 0 unspecified atom stereocenters. The molecule has 0 atom stereocenters. The smallest absolute Gasteiger partial charge is 0.269 e. The molecule has 0 radical (unpaired) electrons. The number of aromatic nitrogens is 3. The van der Waals surface area contributed by atoms with Gasteiger partial charge in [0.1, 0.15) is 17.2 Å². The van der Waals surface area contributed by atoms with Gasteiger partial charge in [0, 0.05) is 43.1 Å². The maximum atomic E-state index is 11.8. The number of carbonyl (C=O) groups is 1. The van der Waals surface area contributed by atoms with Crippen LogP contribution in [0.15, 0.2) is 67.4 Å². The van der Waals surface area contributed by atoms with Crippen LogP contribution in [-0.2, 0) is 7.05 Å². The zero-order chi connectivity index (χ0) is 22.0. The lowest BCUT2D eigenvalue weighted by Crippen LogP contribution is -2.18. The maximum Gasteiger partial charge on any atom is 0.269 e. The Kier molecular flexibility index (Phi) is 5.60. The van der Waals surface area contributed by atoms with Crippen molar-refractivity contribution in [2.24, 2.45) is 7.05 Å². The Labute approximate surface area is 184 Å². The van der Waals surface area contributed by atoms with E-state index < -0.39 is 0 Å². The van der Waals surface area contributed by atoms with Crippen molar-refractivity contribution in [1.82, 2.24) is 19.9 Å². The van der Waals surface area contributed by atoms with E-state index >= 15 is 0 Å². The fraction of sp³-hybridized carbons (Fsp3) is 0.0870. The summed E-state index contributed by atoms with van der Waals surface area (Å²) < 4.78 is 7.87. The number of ether oxygens (including phenoxy) is 1. The van der Waals surface area contributed by atoms with Crippen LogP contribution in [0.25, 0.3) is 16.1 Å². The van der Waals surface area contributed by atoms with Crippen molar-refractivity contribution in [3.8, 4) is 11.5 Å². The van der Waals surface area contributed by atoms with Crippen molar-refractivity contribution in [2.45, 2.75) is 0 Å². The number of hydrogen-bond acceptors (Lipinski definition) is 5. The number of fused-ring (bicyclic) bond motifs is 1. The van der Waals surface area contributed by atoms with E-state index in [2.05, 4.69) is 27.2 Å². The van der Waals surface area contributed by atoms with Crippen LogP contribution in [0.5, 0.6) is 11.5 Å². The minimum absolute atomic E-state index is 0.275. The summed E-state index contributed by atoms with van der Waals surface area (Å²) in [5.74, 6) is 1.52. The van der Waals surface area contributed by atoms with Crippen LogP contribution in [0.2, 0.25) is 0 Å². The molecule has 0 aliphatic heterocycles. The first-order valence-corrected chi connectivity index (χ1v) is 9.87. The summed E-state index contributed by atoms with van der Waals surface area (Å²) in [5.41, 5.74) is 3.68. The molecular weight excluding hydrogens is 414 g/mol. The van der Waals surface area contributed by atoms with E-state index in [1.165, 1.54) is 6.20 Å². The number of nitrogens with one attached hydrogen (secondary N) is 2. The van der Waals surface area contributed by atoms with Crippen LogP contribution in [0.4, 0.5) is 11.6 Å². The Balaban J connectivity index is 1.60. The lowest BCUT2D eigenvalue weighted by molar-refractivity contribution is 0.0958. The summed E-state index contributed by atoms with van der Waals surface area (Å²) in [5, 5.41) is 6.34. The molecule has 4 aromatic rings. The van der Waals surface area contributed by atoms with Gasteiger partial charge in [-0.05, 0) is 35.9 Å². The molecule has 2 aromatic heterocycles. The van der Waals surface area contributed by atoms with Crippen molar-refractivity contribution in [2.75, 3.05) is 12.4 Å². The first-order chi connectivity index (χ1) is 14.9. The van der Waals surface area contributed by atoms with Crippen molar-refractivity contribution < 1.29 is 9.53 Å². The lowest BCUT2D eigenvalue weighted by atomic mass is 10.2. The van der Waals surface area contributed by atoms with Crippen LogP contribution in [0, 0.1) is 0 Å². The monoisotopic (exact) mass is 433 g/mol. The van der Waals surface area contributed by atoms with Crippen molar-refractivity contribution >= 4 is 45.2 Å². The molecule has 4 rings (SSSR count). The third-order valence-corrected chi connectivity index (χ3v) is 4.93. The zero-order valence-corrected chi connectivity index (χ0v) is 17.8. The molecule has 31 heavy (non-hydrogen) atoms. The molecule has 0 aliphatic rings. The number of halogens is 1. The van der Waals surface area contributed by atoms with E-state index in [4.69, 9.17) is 16.3 Å². The number of aryl methyl sites for hydroxylation is 1. The van der Waals surface area contributed by atoms with Gasteiger partial charge in [-0.2, -0.15) is 0 Å². The highest BCUT2D eigenvalue weighted by Crippen LogP contribution is 2.29. The topological polar surface area (TPSA) is 81.1 Å². The molecular formula is C23H20ClN5O2. The van der Waals surface area contributed by atoms with Gasteiger partial charge in [0.25, 0.3) is 5.91 Å². The van der Waals surface area contributed by atoms with Crippen LogP contribution in [0.3, 0.4) is 0 Å². The number of pyridine rings is 1. The predicted molar refractivity (Wildman–Crippen MR) is 123 cm³/mol. The maximum absolute atomic E-state index is 11.8. The minimum atomic E-state index is -0.275. The summed E-state index contributed by atoms with van der Waals surface area (Å²) in [6, 6.07) is 16.6. The van der Waals surface area contributed by atoms with Gasteiger partial charge >= 0.3 is 0 Å². The second-order valence-corrected chi connectivity index (χ2v) is 7.27. The van der Waals surface area contributed by atoms with Crippen molar-refractivity contribution in [1.29, 1.82) is 0 Å². The number of anilines is 2. The highest BCUT2D eigenvalue weighted by molar-refractivity contribution is 6.48. The number of benzene rings is 2. The highest BCUT2D eigenvalue weighted by atomic mass is 35.5. The summed E-state index contributed by atoms with van der Waals surface area (Å²) in [6.07, 6.45) is 1.53. The number of rotatable bonds is 6. The molecule has 0 saturated heterocycles. The van der Waals surface area contributed by atoms with Gasteiger partial charge < -0.3 is 19.9 Å². The number of hydrogen-bond donors (Lipinski definition) is 2. The van der Waals surface area contributed by atoms with E-state index in [9.17, 15) is 4.79 Å². The zero-order valence-electron chi connectivity index (χ0n) is 17.0. The van der Waals surface area contributed by atoms with Gasteiger partial charge in [-0.1, -0.05) is 30.3 Å². The second-order valence-electron chi connectivity index (χ2n) is 6.81. The van der Waals surface area contributed by atoms with Gasteiger partial charge in [0.05, 0.1) is 11.0 Å². The van der Waals surface area contributed by atoms with E-state index in [-0.39, 0.29) is 11.6 Å². The number of carbonyl (C=O) groups excluding carboxylic acids is 1. The average Bonchev–Trinajstić information content (AvgIpc) is 3.08. The Hall–Kier alpha value is -3.84. The van der Waals surface area contributed by atoms with Crippen LogP contribution in [-0.4, -0.2) is 27.5 Å². The van der Waals surface area contributed by atoms with Crippen molar-refractivity contribution in [3.63, 3.8) is 0 Å². The molecule has 8 heteroatoms. The minimum Gasteiger partial charge on any atom is -0.457 e. The summed E-state index contributed by atoms with van der Waals surface area (Å²) in [7, 11) is 3.49. The lowest BCUT2D eigenvalue weighted by Gasteiger charge is -2.08. The second kappa shape index (κ2) is 8.49. The molecule has 2 N–H and O–H groups in total. The third-order valence-electron chi connectivity index (χ3n) is 4.71. The fourth-order valence-corrected chi connectivity index (χ4v) is 3.23. The largest absolute Gasteiger partial charge is 0.457 e.